The highest BCUT2D eigenvalue weighted by molar-refractivity contribution is 5.89. The monoisotopic (exact) mass is 256 g/mol. The molecule has 1 unspecified atom stereocenters. The second-order valence-electron chi connectivity index (χ2n) is 4.30. The van der Waals surface area contributed by atoms with Gasteiger partial charge in [-0.15, -0.1) is 0 Å². The normalized spacial score (nSPS) is 11.7. The molecule has 1 rings (SSSR count). The molecule has 1 aromatic rings. The van der Waals surface area contributed by atoms with Gasteiger partial charge in [0.1, 0.15) is 6.10 Å². The molecular weight excluding hydrogens is 236 g/mol. The molecule has 0 N–H and O–H groups in total. The van der Waals surface area contributed by atoms with Gasteiger partial charge >= 0.3 is 5.97 Å². The second kappa shape index (κ2) is 8.99. The van der Waals surface area contributed by atoms with Gasteiger partial charge in [0, 0.05) is 11.5 Å². The van der Waals surface area contributed by atoms with Crippen molar-refractivity contribution in [1.82, 2.24) is 0 Å². The summed E-state index contributed by atoms with van der Waals surface area (Å²) in [7, 11) is 0. The van der Waals surface area contributed by atoms with Crippen molar-refractivity contribution in [2.45, 2.75) is 39.2 Å². The maximum atomic E-state index is 11.5. The van der Waals surface area contributed by atoms with E-state index >= 15 is 0 Å². The fourth-order valence-corrected chi connectivity index (χ4v) is 1.49. The first kappa shape index (κ1) is 15.0. The Balaban J connectivity index is 2.39. The van der Waals surface area contributed by atoms with Gasteiger partial charge in [-0.1, -0.05) is 50.0 Å². The number of carbonyl (C=O) groups is 1. The SMILES string of the molecule is CCCC/C=C/C(C)OC(=O)C#Cc1ccccc1. The average molecular weight is 256 g/mol. The Labute approximate surface area is 115 Å². The van der Waals surface area contributed by atoms with Crippen LogP contribution in [-0.4, -0.2) is 12.1 Å². The Kier molecular flexibility index (Phi) is 7.12. The lowest BCUT2D eigenvalue weighted by atomic mass is 10.2. The number of ether oxygens (including phenoxy) is 1. The lowest BCUT2D eigenvalue weighted by Crippen LogP contribution is -2.10. The van der Waals surface area contributed by atoms with E-state index in [9.17, 15) is 4.79 Å². The number of hydrogen-bond donors (Lipinski definition) is 0. The van der Waals surface area contributed by atoms with E-state index in [1.165, 1.54) is 6.42 Å². The van der Waals surface area contributed by atoms with E-state index in [0.29, 0.717) is 0 Å². The third-order valence-electron chi connectivity index (χ3n) is 2.51. The van der Waals surface area contributed by atoms with Crippen LogP contribution in [0.2, 0.25) is 0 Å². The predicted molar refractivity (Wildman–Crippen MR) is 77.5 cm³/mol. The van der Waals surface area contributed by atoms with Crippen molar-refractivity contribution in [1.29, 1.82) is 0 Å². The minimum atomic E-state index is -0.489. The molecule has 0 aromatic heterocycles. The van der Waals surface area contributed by atoms with E-state index in [1.807, 2.05) is 49.4 Å². The van der Waals surface area contributed by atoms with E-state index in [4.69, 9.17) is 4.74 Å². The number of esters is 1. The van der Waals surface area contributed by atoms with Crippen LogP contribution in [0.25, 0.3) is 0 Å². The highest BCUT2D eigenvalue weighted by Gasteiger charge is 2.02. The van der Waals surface area contributed by atoms with Crippen molar-refractivity contribution in [3.05, 3.63) is 48.0 Å². The minimum absolute atomic E-state index is 0.227. The van der Waals surface area contributed by atoms with Crippen molar-refractivity contribution in [3.63, 3.8) is 0 Å². The molecule has 0 spiro atoms. The first-order valence-electron chi connectivity index (χ1n) is 6.66. The Hall–Kier alpha value is -2.01. The lowest BCUT2D eigenvalue weighted by Gasteiger charge is -2.04. The highest BCUT2D eigenvalue weighted by Crippen LogP contribution is 2.00. The number of unbranched alkanes of at least 4 members (excludes halogenated alkanes) is 2. The van der Waals surface area contributed by atoms with Gasteiger partial charge in [-0.05, 0) is 31.6 Å². The molecule has 0 bridgehead atoms. The molecule has 0 aliphatic heterocycles. The number of hydrogen-bond acceptors (Lipinski definition) is 2. The van der Waals surface area contributed by atoms with Gasteiger partial charge in [0.2, 0.25) is 0 Å². The zero-order valence-corrected chi connectivity index (χ0v) is 11.6. The van der Waals surface area contributed by atoms with Crippen LogP contribution in [0.3, 0.4) is 0 Å². The third kappa shape index (κ3) is 7.10. The summed E-state index contributed by atoms with van der Waals surface area (Å²) in [5, 5.41) is 0. The van der Waals surface area contributed by atoms with E-state index in [-0.39, 0.29) is 6.10 Å². The minimum Gasteiger partial charge on any atom is -0.449 e. The highest BCUT2D eigenvalue weighted by atomic mass is 16.5. The summed E-state index contributed by atoms with van der Waals surface area (Å²) in [5.74, 6) is 4.77. The van der Waals surface area contributed by atoms with Crippen molar-refractivity contribution in [2.75, 3.05) is 0 Å². The van der Waals surface area contributed by atoms with Gasteiger partial charge in [0.15, 0.2) is 0 Å². The van der Waals surface area contributed by atoms with E-state index < -0.39 is 5.97 Å². The van der Waals surface area contributed by atoms with Crippen molar-refractivity contribution in [3.8, 4) is 11.8 Å². The quantitative estimate of drug-likeness (QED) is 0.347. The summed E-state index contributed by atoms with van der Waals surface area (Å²) >= 11 is 0. The summed E-state index contributed by atoms with van der Waals surface area (Å²) in [4.78, 5) is 11.5. The van der Waals surface area contributed by atoms with Crippen LogP contribution in [-0.2, 0) is 9.53 Å². The fourth-order valence-electron chi connectivity index (χ4n) is 1.49. The van der Waals surface area contributed by atoms with Crippen LogP contribution in [0.1, 0.15) is 38.7 Å². The molecule has 0 fully saturated rings. The lowest BCUT2D eigenvalue weighted by molar-refractivity contribution is -0.139. The summed E-state index contributed by atoms with van der Waals surface area (Å²) in [6.07, 6.45) is 7.07. The molecule has 0 saturated heterocycles. The number of benzene rings is 1. The topological polar surface area (TPSA) is 26.3 Å². The van der Waals surface area contributed by atoms with E-state index in [0.717, 1.165) is 18.4 Å². The molecule has 0 amide bonds. The largest absolute Gasteiger partial charge is 0.449 e. The van der Waals surface area contributed by atoms with Gasteiger partial charge in [-0.25, -0.2) is 4.79 Å². The van der Waals surface area contributed by atoms with Crippen molar-refractivity contribution in [2.24, 2.45) is 0 Å². The Morgan fingerprint density at radius 2 is 2.11 bits per heavy atom. The summed E-state index contributed by atoms with van der Waals surface area (Å²) in [6.45, 7) is 3.99. The second-order valence-corrected chi connectivity index (χ2v) is 4.30. The molecule has 19 heavy (non-hydrogen) atoms. The molecular formula is C17H20O2. The molecule has 0 aliphatic rings. The van der Waals surface area contributed by atoms with Gasteiger partial charge in [0.25, 0.3) is 0 Å². The Morgan fingerprint density at radius 1 is 1.37 bits per heavy atom. The van der Waals surface area contributed by atoms with Crippen molar-refractivity contribution >= 4 is 5.97 Å². The van der Waals surface area contributed by atoms with E-state index in [2.05, 4.69) is 18.8 Å². The number of rotatable bonds is 5. The maximum Gasteiger partial charge on any atom is 0.385 e. The van der Waals surface area contributed by atoms with Gasteiger partial charge in [-0.2, -0.15) is 0 Å². The molecule has 0 saturated carbocycles. The zero-order valence-electron chi connectivity index (χ0n) is 11.6. The van der Waals surface area contributed by atoms with Crippen LogP contribution in [0, 0.1) is 11.8 Å². The van der Waals surface area contributed by atoms with Gasteiger partial charge in [-0.3, -0.25) is 0 Å². The molecule has 1 atom stereocenters. The molecule has 0 radical (unpaired) electrons. The fraction of sp³-hybridized carbons (Fsp3) is 0.353. The smallest absolute Gasteiger partial charge is 0.385 e. The van der Waals surface area contributed by atoms with Crippen LogP contribution in [0.15, 0.2) is 42.5 Å². The molecule has 0 aliphatic carbocycles. The number of allylic oxidation sites excluding steroid dienone is 1. The molecule has 2 nitrogen and oxygen atoms in total. The van der Waals surface area contributed by atoms with Gasteiger partial charge in [0.05, 0.1) is 0 Å². The van der Waals surface area contributed by atoms with E-state index in [1.54, 1.807) is 0 Å². The van der Waals surface area contributed by atoms with Crippen LogP contribution in [0.5, 0.6) is 0 Å². The predicted octanol–water partition coefficient (Wildman–Crippen LogP) is 3.72. The standard InChI is InChI=1S/C17H20O2/c1-3-4-5-7-10-15(2)19-17(18)14-13-16-11-8-6-9-12-16/h6-12,15H,3-5H2,1-2H3/b10-7+. The zero-order chi connectivity index (χ0) is 13.9. The van der Waals surface area contributed by atoms with Crippen LogP contribution < -0.4 is 0 Å². The molecule has 0 heterocycles. The summed E-state index contributed by atoms with van der Waals surface area (Å²) in [5.41, 5.74) is 0.811. The summed E-state index contributed by atoms with van der Waals surface area (Å²) < 4.78 is 5.15. The Bertz CT molecular complexity index is 463. The first-order valence-corrected chi connectivity index (χ1v) is 6.66. The molecule has 2 heteroatoms. The van der Waals surface area contributed by atoms with Crippen LogP contribution >= 0.6 is 0 Å². The van der Waals surface area contributed by atoms with Crippen LogP contribution in [0.4, 0.5) is 0 Å². The van der Waals surface area contributed by atoms with Crippen molar-refractivity contribution < 1.29 is 9.53 Å². The molecule has 1 aromatic carbocycles. The Morgan fingerprint density at radius 3 is 2.79 bits per heavy atom. The third-order valence-corrected chi connectivity index (χ3v) is 2.51. The first-order chi connectivity index (χ1) is 9.22. The molecule has 100 valence electrons. The average Bonchev–Trinajstić information content (AvgIpc) is 2.42. The summed E-state index contributed by atoms with van der Waals surface area (Å²) in [6, 6.07) is 9.39. The number of carbonyl (C=O) groups excluding carboxylic acids is 1. The maximum absolute atomic E-state index is 11.5. The van der Waals surface area contributed by atoms with Gasteiger partial charge < -0.3 is 4.74 Å².